The second-order valence-corrected chi connectivity index (χ2v) is 26.2. The number of anilines is 4. The number of aromatic nitrogens is 5. The number of likely N-dealkylation sites (tertiary alicyclic amines) is 2. The van der Waals surface area contributed by atoms with E-state index >= 15 is 0 Å². The molecule has 7 aliphatic rings. The predicted octanol–water partition coefficient (Wildman–Crippen LogP) is 7.14. The molecule has 84 heavy (non-hydrogen) atoms. The number of para-hydroxylation sites is 1. The largest absolute Gasteiger partial charge is 0.507 e. The van der Waals surface area contributed by atoms with Gasteiger partial charge in [0.25, 0.3) is 0 Å². The molecule has 10 heterocycles. The Hall–Kier alpha value is -6.91. The van der Waals surface area contributed by atoms with E-state index in [0.717, 1.165) is 149 Å². The number of aliphatic hydroxyl groups excluding tert-OH is 1. The number of phenolic OH excluding ortho intramolecular Hbond substituents is 1. The van der Waals surface area contributed by atoms with Crippen LogP contribution >= 0.6 is 11.3 Å². The van der Waals surface area contributed by atoms with Gasteiger partial charge in [-0.25, -0.2) is 9.97 Å². The van der Waals surface area contributed by atoms with Gasteiger partial charge < -0.3 is 54.9 Å². The lowest BCUT2D eigenvalue weighted by Gasteiger charge is -2.55. The van der Waals surface area contributed by atoms with Crippen molar-refractivity contribution in [2.45, 2.75) is 121 Å². The number of ether oxygens (including phenoxy) is 2. The Morgan fingerprint density at radius 1 is 0.857 bits per heavy atom. The summed E-state index contributed by atoms with van der Waals surface area (Å²) >= 11 is 1.60. The minimum Gasteiger partial charge on any atom is -0.507 e. The molecule has 13 rings (SSSR count). The van der Waals surface area contributed by atoms with Gasteiger partial charge in [0.1, 0.15) is 29.4 Å². The number of pyridine rings is 1. The van der Waals surface area contributed by atoms with Crippen LogP contribution in [0.5, 0.6) is 11.6 Å². The molecular weight excluding hydrogens is 1080 g/mol. The van der Waals surface area contributed by atoms with E-state index in [4.69, 9.17) is 19.7 Å². The van der Waals surface area contributed by atoms with Gasteiger partial charge in [-0.2, -0.15) is 0 Å². The highest BCUT2D eigenvalue weighted by atomic mass is 32.1. The second kappa shape index (κ2) is 23.5. The van der Waals surface area contributed by atoms with E-state index in [2.05, 4.69) is 67.3 Å². The van der Waals surface area contributed by atoms with Gasteiger partial charge in [-0.1, -0.05) is 55.4 Å². The molecule has 20 nitrogen and oxygen atoms in total. The fraction of sp³-hybridized carbons (Fsp3) is 0.540. The number of benzene rings is 2. The molecule has 6 aliphatic heterocycles. The molecule has 1 saturated carbocycles. The van der Waals surface area contributed by atoms with Gasteiger partial charge in [-0.3, -0.25) is 19.4 Å². The van der Waals surface area contributed by atoms with E-state index in [1.807, 2.05) is 87.9 Å². The van der Waals surface area contributed by atoms with Crippen LogP contribution in [0.1, 0.15) is 94.7 Å². The third kappa shape index (κ3) is 11.5. The van der Waals surface area contributed by atoms with E-state index in [0.29, 0.717) is 52.6 Å². The highest BCUT2D eigenvalue weighted by Crippen LogP contribution is 2.42. The SMILES string of the molecule is Cc1ncsc1-c1ccc([C@H](C)NC(=O)[C@@H]2C[C@@H](O)CN2C(=O)[C@@H](c2cc(N3CCC(CN4CC5(CN(CC6CC(Oc7cc(N8C9CCC8CN(c8cc(-c%10ccccc%10O)nnc8N)C9)ccn7)C6)CCO5)C4)CC3)no2)C(C)C)cc1. The molecule has 2 unspecified atom stereocenters. The Balaban J connectivity index is 0.540. The fourth-order valence-electron chi connectivity index (χ4n) is 14.6. The van der Waals surface area contributed by atoms with Gasteiger partial charge in [0.15, 0.2) is 17.4 Å². The molecule has 2 bridgehead atoms. The number of rotatable bonds is 17. The van der Waals surface area contributed by atoms with Gasteiger partial charge >= 0.3 is 0 Å². The van der Waals surface area contributed by atoms with Crippen LogP contribution in [-0.4, -0.2) is 177 Å². The minimum absolute atomic E-state index is 0.0839. The van der Waals surface area contributed by atoms with E-state index in [1.54, 1.807) is 28.4 Å². The van der Waals surface area contributed by atoms with Gasteiger partial charge in [0, 0.05) is 120 Å². The Morgan fingerprint density at radius 2 is 1.61 bits per heavy atom. The minimum atomic E-state index is -0.804. The van der Waals surface area contributed by atoms with Crippen LogP contribution < -0.4 is 30.5 Å². The van der Waals surface area contributed by atoms with E-state index in [-0.39, 0.29) is 54.2 Å². The first-order valence-electron chi connectivity index (χ1n) is 30.4. The first kappa shape index (κ1) is 56.2. The molecule has 6 aromatic rings. The molecule has 0 radical (unpaired) electrons. The average molecular weight is 1160 g/mol. The molecule has 2 amide bonds. The lowest BCUT2D eigenvalue weighted by Crippen LogP contribution is -2.70. The number of nitrogens with zero attached hydrogens (tertiary/aromatic N) is 11. The third-order valence-corrected chi connectivity index (χ3v) is 20.0. The zero-order chi connectivity index (χ0) is 57.8. The Bertz CT molecular complexity index is 3290. The van der Waals surface area contributed by atoms with Crippen molar-refractivity contribution in [1.82, 2.24) is 45.3 Å². The molecule has 1 aliphatic carbocycles. The van der Waals surface area contributed by atoms with Crippen LogP contribution in [0.15, 0.2) is 89.0 Å². The number of nitrogens with two attached hydrogens (primary N) is 1. The number of β-amino-alcohol motifs (C(OH)–C–C–N with tert-alkyl or cyclic N) is 1. The van der Waals surface area contributed by atoms with Crippen LogP contribution in [0, 0.1) is 24.7 Å². The smallest absolute Gasteiger partial charge is 0.243 e. The summed E-state index contributed by atoms with van der Waals surface area (Å²) in [6, 6.07) is 22.9. The van der Waals surface area contributed by atoms with Crippen molar-refractivity contribution in [3.63, 3.8) is 0 Å². The van der Waals surface area contributed by atoms with Gasteiger partial charge in [0.2, 0.25) is 17.7 Å². The molecule has 6 atom stereocenters. The number of hydrogen-bond acceptors (Lipinski definition) is 19. The quantitative estimate of drug-likeness (QED) is 0.0711. The maximum Gasteiger partial charge on any atom is 0.243 e. The van der Waals surface area contributed by atoms with Crippen molar-refractivity contribution < 1.29 is 33.8 Å². The molecule has 2 aromatic carbocycles. The van der Waals surface area contributed by atoms with E-state index in [1.165, 1.54) is 0 Å². The van der Waals surface area contributed by atoms with Crippen LogP contribution in [0.4, 0.5) is 23.0 Å². The first-order valence-corrected chi connectivity index (χ1v) is 31.2. The number of hydrogen-bond donors (Lipinski definition) is 4. The molecule has 5 N–H and O–H groups in total. The van der Waals surface area contributed by atoms with Gasteiger partial charge in [-0.05, 0) is 106 Å². The lowest BCUT2D eigenvalue weighted by atomic mass is 9.81. The van der Waals surface area contributed by atoms with E-state index in [9.17, 15) is 19.8 Å². The first-order chi connectivity index (χ1) is 40.7. The van der Waals surface area contributed by atoms with Crippen molar-refractivity contribution in [3.8, 4) is 33.3 Å². The van der Waals surface area contributed by atoms with Crippen molar-refractivity contribution in [3.05, 3.63) is 102 Å². The normalized spacial score (nSPS) is 25.2. The van der Waals surface area contributed by atoms with Crippen LogP contribution in [0.3, 0.4) is 0 Å². The number of aromatic hydroxyl groups is 1. The van der Waals surface area contributed by atoms with Gasteiger partial charge in [0.05, 0.1) is 46.2 Å². The summed E-state index contributed by atoms with van der Waals surface area (Å²) in [5, 5.41) is 37.5. The highest BCUT2D eigenvalue weighted by molar-refractivity contribution is 7.13. The monoisotopic (exact) mass is 1160 g/mol. The van der Waals surface area contributed by atoms with Gasteiger partial charge in [-0.15, -0.1) is 21.5 Å². The van der Waals surface area contributed by atoms with E-state index < -0.39 is 18.1 Å². The zero-order valence-corrected chi connectivity index (χ0v) is 49.4. The summed E-state index contributed by atoms with van der Waals surface area (Å²) in [5.41, 5.74) is 14.4. The zero-order valence-electron chi connectivity index (χ0n) is 48.6. The number of nitrogens with one attached hydrogen (secondary N) is 1. The number of phenols is 1. The number of fused-ring (bicyclic) bond motifs is 2. The number of piperazine rings is 1. The predicted molar refractivity (Wildman–Crippen MR) is 322 cm³/mol. The number of thiazole rings is 1. The second-order valence-electron chi connectivity index (χ2n) is 25.3. The number of carbonyl (C=O) groups excluding carboxylic acids is 2. The lowest BCUT2D eigenvalue weighted by molar-refractivity contribution is -0.189. The highest BCUT2D eigenvalue weighted by Gasteiger charge is 2.49. The molecule has 1 spiro atoms. The van der Waals surface area contributed by atoms with Crippen molar-refractivity contribution in [1.29, 1.82) is 0 Å². The maximum absolute atomic E-state index is 14.4. The molecular formula is C63H79N13O7S. The molecule has 7 fully saturated rings. The Kier molecular flexibility index (Phi) is 15.7. The molecule has 4 aromatic heterocycles. The summed E-state index contributed by atoms with van der Waals surface area (Å²) in [7, 11) is 0. The number of morpholine rings is 1. The average Bonchev–Trinajstić information content (AvgIpc) is 2.34. The summed E-state index contributed by atoms with van der Waals surface area (Å²) in [6.45, 7) is 18.0. The number of aryl methyl sites for hydroxylation is 1. The van der Waals surface area contributed by atoms with Crippen molar-refractivity contribution >= 4 is 46.2 Å². The summed E-state index contributed by atoms with van der Waals surface area (Å²) in [4.78, 5) is 52.3. The summed E-state index contributed by atoms with van der Waals surface area (Å²) < 4.78 is 19.0. The summed E-state index contributed by atoms with van der Waals surface area (Å²) in [5.74, 6) is 2.33. The third-order valence-electron chi connectivity index (χ3n) is 19.0. The Labute approximate surface area is 495 Å². The number of carbonyl (C=O) groups is 2. The van der Waals surface area contributed by atoms with Crippen LogP contribution in [-0.2, 0) is 14.3 Å². The Morgan fingerprint density at radius 3 is 2.35 bits per heavy atom. The van der Waals surface area contributed by atoms with Crippen LogP contribution in [0.25, 0.3) is 21.7 Å². The van der Waals surface area contributed by atoms with Crippen molar-refractivity contribution in [2.75, 3.05) is 99.0 Å². The standard InChI is InChI=1S/C63H79N13O7S/c1-38(2)58(62(80)75-33-48(77)26-53(75)61(79)67-39(3)43-9-11-44(12-10-43)59-40(4)66-37-84-59)55-28-56(70-83-55)73-19-16-41(17-20-73)29-72-35-63(36-72)34-71(21-22-81-63)30-42-23-49(24-42)82-57-25-45(15-18-65-57)76-46-13-14-47(76)32-74(31-46)52-27-51(68-69-60(52)64)50-7-5-6-8-54(50)78/h5-12,15,18,25,27-28,37-39,41-42,46-49,53,58,77-78H,13-14,16-17,19-24,26,29-36H2,1-4H3,(H2,64,69)(H,67,79)/t39-,42?,46?,47?,48+,49?,53-,58+/m0/s1. The number of nitrogen functional groups attached to an aromatic ring is 1. The fourth-order valence-corrected chi connectivity index (χ4v) is 15.4. The van der Waals surface area contributed by atoms with Crippen LogP contribution in [0.2, 0.25) is 0 Å². The molecule has 6 saturated heterocycles. The van der Waals surface area contributed by atoms with Crippen molar-refractivity contribution in [2.24, 2.45) is 17.8 Å². The molecule has 21 heteroatoms. The summed E-state index contributed by atoms with van der Waals surface area (Å²) in [6.07, 6.45) is 7.71. The molecule has 444 valence electrons. The topological polar surface area (TPSA) is 228 Å². The number of amides is 2. The maximum atomic E-state index is 14.4. The number of aliphatic hydroxyl groups is 1. The number of piperidine rings is 1.